The number of aromatic amines is 1. The second-order valence-electron chi connectivity index (χ2n) is 3.44. The molecular formula is C8H12N2O2. The zero-order valence-electron chi connectivity index (χ0n) is 7.16. The van der Waals surface area contributed by atoms with Gasteiger partial charge < -0.3 is 10.1 Å². The lowest BCUT2D eigenvalue weighted by Crippen LogP contribution is -2.26. The van der Waals surface area contributed by atoms with E-state index in [4.69, 9.17) is 5.11 Å². The van der Waals surface area contributed by atoms with Gasteiger partial charge in [-0.25, -0.2) is 4.98 Å². The quantitative estimate of drug-likeness (QED) is 0.709. The van der Waals surface area contributed by atoms with Crippen LogP contribution in [-0.2, 0) is 11.2 Å². The monoisotopic (exact) mass is 168 g/mol. The normalized spacial score (nSPS) is 11.5. The molecule has 0 fully saturated rings. The van der Waals surface area contributed by atoms with E-state index in [1.807, 2.05) is 0 Å². The number of nitrogens with one attached hydrogen (secondary N) is 1. The van der Waals surface area contributed by atoms with E-state index in [9.17, 15) is 4.79 Å². The lowest BCUT2D eigenvalue weighted by molar-refractivity contribution is -0.146. The number of carboxylic acid groups (broad SMARTS) is 1. The van der Waals surface area contributed by atoms with Gasteiger partial charge in [-0.1, -0.05) is 0 Å². The third-order valence-corrected chi connectivity index (χ3v) is 1.77. The Kier molecular flexibility index (Phi) is 2.17. The highest BCUT2D eigenvalue weighted by atomic mass is 16.4. The number of rotatable bonds is 3. The molecule has 0 aliphatic carbocycles. The van der Waals surface area contributed by atoms with Crippen LogP contribution in [0.1, 0.15) is 19.5 Å². The Morgan fingerprint density at radius 3 is 2.83 bits per heavy atom. The molecule has 1 rings (SSSR count). The van der Waals surface area contributed by atoms with Crippen molar-refractivity contribution in [3.8, 4) is 0 Å². The van der Waals surface area contributed by atoms with Gasteiger partial charge in [-0.2, -0.15) is 0 Å². The van der Waals surface area contributed by atoms with Crippen molar-refractivity contribution in [2.45, 2.75) is 20.3 Å². The molecule has 0 aromatic carbocycles. The fourth-order valence-electron chi connectivity index (χ4n) is 0.933. The molecule has 4 nitrogen and oxygen atoms in total. The number of carboxylic acids is 1. The van der Waals surface area contributed by atoms with Crippen LogP contribution < -0.4 is 0 Å². The Morgan fingerprint density at radius 2 is 2.42 bits per heavy atom. The van der Waals surface area contributed by atoms with Gasteiger partial charge in [0.1, 0.15) is 0 Å². The molecule has 66 valence electrons. The molecule has 4 heteroatoms. The van der Waals surface area contributed by atoms with Gasteiger partial charge in [0.05, 0.1) is 11.7 Å². The van der Waals surface area contributed by atoms with Crippen molar-refractivity contribution in [3.05, 3.63) is 18.2 Å². The van der Waals surface area contributed by atoms with Crippen LogP contribution in [0, 0.1) is 5.41 Å². The number of H-pyrrole nitrogens is 1. The van der Waals surface area contributed by atoms with E-state index in [2.05, 4.69) is 9.97 Å². The van der Waals surface area contributed by atoms with E-state index in [1.54, 1.807) is 26.4 Å². The minimum atomic E-state index is -0.794. The zero-order valence-corrected chi connectivity index (χ0v) is 7.16. The summed E-state index contributed by atoms with van der Waals surface area (Å²) in [5.74, 6) is -0.794. The number of hydrogen-bond acceptors (Lipinski definition) is 2. The van der Waals surface area contributed by atoms with Crippen molar-refractivity contribution in [2.24, 2.45) is 5.41 Å². The molecule has 12 heavy (non-hydrogen) atoms. The molecular weight excluding hydrogens is 156 g/mol. The van der Waals surface area contributed by atoms with E-state index in [1.165, 1.54) is 0 Å². The molecule has 0 saturated carbocycles. The summed E-state index contributed by atoms with van der Waals surface area (Å²) < 4.78 is 0. The third kappa shape index (κ3) is 1.84. The number of carbonyl (C=O) groups is 1. The topological polar surface area (TPSA) is 66.0 Å². The Bertz CT molecular complexity index is 265. The van der Waals surface area contributed by atoms with Crippen molar-refractivity contribution in [1.82, 2.24) is 9.97 Å². The number of aromatic nitrogens is 2. The van der Waals surface area contributed by atoms with Crippen LogP contribution in [0.15, 0.2) is 12.5 Å². The Balaban J connectivity index is 2.69. The van der Waals surface area contributed by atoms with Crippen LogP contribution in [0.2, 0.25) is 0 Å². The maximum atomic E-state index is 10.7. The van der Waals surface area contributed by atoms with E-state index in [0.717, 1.165) is 5.69 Å². The van der Waals surface area contributed by atoms with Gasteiger partial charge in [-0.3, -0.25) is 4.79 Å². The summed E-state index contributed by atoms with van der Waals surface area (Å²) in [4.78, 5) is 17.4. The highest BCUT2D eigenvalue weighted by molar-refractivity contribution is 5.73. The molecule has 0 aliphatic heterocycles. The van der Waals surface area contributed by atoms with Gasteiger partial charge in [0.15, 0.2) is 0 Å². The minimum absolute atomic E-state index is 0.475. The predicted molar refractivity (Wildman–Crippen MR) is 43.7 cm³/mol. The molecule has 0 bridgehead atoms. The lowest BCUT2D eigenvalue weighted by Gasteiger charge is -2.17. The Hall–Kier alpha value is -1.32. The molecule has 0 atom stereocenters. The lowest BCUT2D eigenvalue weighted by atomic mass is 9.88. The molecule has 0 aliphatic rings. The largest absolute Gasteiger partial charge is 0.481 e. The molecule has 2 N–H and O–H groups in total. The molecule has 1 aromatic heterocycles. The van der Waals surface area contributed by atoms with Gasteiger partial charge in [-0.05, 0) is 13.8 Å². The number of imidazole rings is 1. The molecule has 0 amide bonds. The van der Waals surface area contributed by atoms with Crippen LogP contribution in [0.25, 0.3) is 0 Å². The van der Waals surface area contributed by atoms with E-state index >= 15 is 0 Å². The summed E-state index contributed by atoms with van der Waals surface area (Å²) in [5.41, 5.74) is 0.120. The maximum absolute atomic E-state index is 10.7. The average molecular weight is 168 g/mol. The highest BCUT2D eigenvalue weighted by Crippen LogP contribution is 2.20. The predicted octanol–water partition coefficient (Wildman–Crippen LogP) is 1.06. The number of hydrogen-bond donors (Lipinski definition) is 2. The second kappa shape index (κ2) is 2.97. The van der Waals surface area contributed by atoms with Gasteiger partial charge in [0.25, 0.3) is 0 Å². The first-order chi connectivity index (χ1) is 5.52. The van der Waals surface area contributed by atoms with Crippen molar-refractivity contribution in [1.29, 1.82) is 0 Å². The fraction of sp³-hybridized carbons (Fsp3) is 0.500. The van der Waals surface area contributed by atoms with Crippen LogP contribution in [0.5, 0.6) is 0 Å². The summed E-state index contributed by atoms with van der Waals surface area (Å²) in [7, 11) is 0. The smallest absolute Gasteiger partial charge is 0.309 e. The zero-order chi connectivity index (χ0) is 9.19. The van der Waals surface area contributed by atoms with Crippen LogP contribution in [0.4, 0.5) is 0 Å². The van der Waals surface area contributed by atoms with E-state index < -0.39 is 11.4 Å². The van der Waals surface area contributed by atoms with E-state index in [0.29, 0.717) is 6.42 Å². The van der Waals surface area contributed by atoms with Gasteiger partial charge in [0, 0.05) is 18.3 Å². The van der Waals surface area contributed by atoms with Gasteiger partial charge >= 0.3 is 5.97 Å². The molecule has 0 unspecified atom stereocenters. The van der Waals surface area contributed by atoms with Crippen molar-refractivity contribution in [3.63, 3.8) is 0 Å². The second-order valence-corrected chi connectivity index (χ2v) is 3.44. The first-order valence-electron chi connectivity index (χ1n) is 3.73. The summed E-state index contributed by atoms with van der Waals surface area (Å²) in [6, 6.07) is 0. The Labute approximate surface area is 70.6 Å². The van der Waals surface area contributed by atoms with E-state index in [-0.39, 0.29) is 0 Å². The first kappa shape index (κ1) is 8.77. The highest BCUT2D eigenvalue weighted by Gasteiger charge is 2.27. The molecule has 0 radical (unpaired) electrons. The molecule has 0 spiro atoms. The fourth-order valence-corrected chi connectivity index (χ4v) is 0.933. The SMILES string of the molecule is CC(C)(Cc1cnc[nH]1)C(=O)O. The van der Waals surface area contributed by atoms with Crippen molar-refractivity contribution >= 4 is 5.97 Å². The van der Waals surface area contributed by atoms with Crippen LogP contribution in [-0.4, -0.2) is 21.0 Å². The first-order valence-corrected chi connectivity index (χ1v) is 3.73. The summed E-state index contributed by atoms with van der Waals surface area (Å²) >= 11 is 0. The van der Waals surface area contributed by atoms with Crippen LogP contribution in [0.3, 0.4) is 0 Å². The molecule has 1 aromatic rings. The van der Waals surface area contributed by atoms with Gasteiger partial charge in [-0.15, -0.1) is 0 Å². The van der Waals surface area contributed by atoms with Gasteiger partial charge in [0.2, 0.25) is 0 Å². The Morgan fingerprint density at radius 1 is 1.75 bits per heavy atom. The number of aliphatic carboxylic acids is 1. The summed E-state index contributed by atoms with van der Waals surface area (Å²) in [6.45, 7) is 3.38. The summed E-state index contributed by atoms with van der Waals surface area (Å²) in [6.07, 6.45) is 3.67. The van der Waals surface area contributed by atoms with Crippen molar-refractivity contribution in [2.75, 3.05) is 0 Å². The standard InChI is InChI=1S/C8H12N2O2/c1-8(2,7(11)12)3-6-4-9-5-10-6/h4-5H,3H2,1-2H3,(H,9,10)(H,11,12). The van der Waals surface area contributed by atoms with Crippen LogP contribution >= 0.6 is 0 Å². The maximum Gasteiger partial charge on any atom is 0.309 e. The average Bonchev–Trinajstić information content (AvgIpc) is 2.38. The number of nitrogens with zero attached hydrogens (tertiary/aromatic N) is 1. The molecule has 0 saturated heterocycles. The third-order valence-electron chi connectivity index (χ3n) is 1.77. The molecule has 1 heterocycles. The summed E-state index contributed by atoms with van der Waals surface area (Å²) in [5, 5.41) is 8.81. The van der Waals surface area contributed by atoms with Crippen molar-refractivity contribution < 1.29 is 9.90 Å². The minimum Gasteiger partial charge on any atom is -0.481 e.